The predicted octanol–water partition coefficient (Wildman–Crippen LogP) is 5.37. The Morgan fingerprint density at radius 3 is 2.44 bits per heavy atom. The first-order valence-corrected chi connectivity index (χ1v) is 11.3. The van der Waals surface area contributed by atoms with Gasteiger partial charge in [0.25, 0.3) is 5.69 Å². The van der Waals surface area contributed by atoms with Crippen LogP contribution >= 0.6 is 22.6 Å². The zero-order chi connectivity index (χ0) is 22.3. The zero-order valence-electron chi connectivity index (χ0n) is 17.3. The van der Waals surface area contributed by atoms with Gasteiger partial charge >= 0.3 is 0 Å². The lowest BCUT2D eigenvalue weighted by molar-refractivity contribution is -0.384. The van der Waals surface area contributed by atoms with Crippen molar-refractivity contribution in [2.45, 2.75) is 6.61 Å². The molecule has 0 atom stereocenters. The van der Waals surface area contributed by atoms with E-state index in [1.807, 2.05) is 36.5 Å². The molecule has 3 aromatic rings. The normalized spacial score (nSPS) is 14.0. The number of rotatable bonds is 7. The Labute approximate surface area is 200 Å². The van der Waals surface area contributed by atoms with E-state index in [1.54, 1.807) is 12.1 Å². The van der Waals surface area contributed by atoms with Gasteiger partial charge in [-0.2, -0.15) is 0 Å². The van der Waals surface area contributed by atoms with Gasteiger partial charge < -0.3 is 14.4 Å². The topological polar surface area (TPSA) is 77.2 Å². The number of hydrogen-bond acceptors (Lipinski definition) is 6. The monoisotopic (exact) mass is 543 g/mol. The molecular formula is C24H22IN3O4. The van der Waals surface area contributed by atoms with E-state index in [0.717, 1.165) is 52.4 Å². The van der Waals surface area contributed by atoms with Crippen molar-refractivity contribution in [3.8, 4) is 5.75 Å². The van der Waals surface area contributed by atoms with Crippen LogP contribution in [0.25, 0.3) is 0 Å². The maximum atomic E-state index is 10.7. The highest BCUT2D eigenvalue weighted by Gasteiger charge is 2.10. The number of benzene rings is 3. The minimum atomic E-state index is -0.410. The molecular weight excluding hydrogens is 521 g/mol. The first-order chi connectivity index (χ1) is 15.6. The van der Waals surface area contributed by atoms with E-state index in [0.29, 0.717) is 6.61 Å². The molecule has 3 aromatic carbocycles. The van der Waals surface area contributed by atoms with Crippen molar-refractivity contribution in [2.24, 2.45) is 4.99 Å². The van der Waals surface area contributed by atoms with Gasteiger partial charge in [-0.1, -0.05) is 0 Å². The lowest BCUT2D eigenvalue weighted by atomic mass is 10.2. The van der Waals surface area contributed by atoms with E-state index in [-0.39, 0.29) is 5.69 Å². The standard InChI is InChI=1S/C24H22IN3O4/c25-23-15-19(3-10-24(23)32-17-18-1-6-22(7-2-18)28(29)30)16-26-20-4-8-21(9-5-20)27-11-13-31-14-12-27/h1-10,15-16H,11-14,17H2. The van der Waals surface area contributed by atoms with Crippen LogP contribution in [-0.4, -0.2) is 37.4 Å². The molecule has 8 heteroatoms. The zero-order valence-corrected chi connectivity index (χ0v) is 19.5. The van der Waals surface area contributed by atoms with Crippen LogP contribution in [-0.2, 0) is 11.3 Å². The van der Waals surface area contributed by atoms with Gasteiger partial charge in [0.1, 0.15) is 12.4 Å². The largest absolute Gasteiger partial charge is 0.488 e. The third-order valence-electron chi connectivity index (χ3n) is 5.09. The minimum Gasteiger partial charge on any atom is -0.488 e. The SMILES string of the molecule is O=[N+]([O-])c1ccc(COc2ccc(C=Nc3ccc(N4CCOCC4)cc3)cc2I)cc1. The van der Waals surface area contributed by atoms with Gasteiger partial charge in [-0.3, -0.25) is 15.1 Å². The van der Waals surface area contributed by atoms with Crippen molar-refractivity contribution in [3.05, 3.63) is 91.5 Å². The molecule has 0 saturated carbocycles. The number of nitro groups is 1. The number of aliphatic imine (C=N–C) groups is 1. The number of morpholine rings is 1. The summed E-state index contributed by atoms with van der Waals surface area (Å²) < 4.78 is 12.2. The van der Waals surface area contributed by atoms with Crippen LogP contribution in [0.1, 0.15) is 11.1 Å². The highest BCUT2D eigenvalue weighted by molar-refractivity contribution is 14.1. The highest BCUT2D eigenvalue weighted by atomic mass is 127. The third-order valence-corrected chi connectivity index (χ3v) is 5.93. The maximum absolute atomic E-state index is 10.7. The van der Waals surface area contributed by atoms with E-state index >= 15 is 0 Å². The summed E-state index contributed by atoms with van der Waals surface area (Å²) in [6.45, 7) is 3.72. The van der Waals surface area contributed by atoms with Crippen molar-refractivity contribution in [3.63, 3.8) is 0 Å². The number of ether oxygens (including phenoxy) is 2. The van der Waals surface area contributed by atoms with Crippen molar-refractivity contribution >= 4 is 45.9 Å². The number of nitro benzene ring substituents is 1. The molecule has 1 aliphatic heterocycles. The van der Waals surface area contributed by atoms with Crippen molar-refractivity contribution < 1.29 is 14.4 Å². The summed E-state index contributed by atoms with van der Waals surface area (Å²) >= 11 is 2.23. The molecule has 0 bridgehead atoms. The van der Waals surface area contributed by atoms with E-state index in [9.17, 15) is 10.1 Å². The molecule has 0 amide bonds. The van der Waals surface area contributed by atoms with Gasteiger partial charge in [0.2, 0.25) is 0 Å². The van der Waals surface area contributed by atoms with E-state index in [2.05, 4.69) is 44.6 Å². The van der Waals surface area contributed by atoms with Crippen LogP contribution in [0, 0.1) is 13.7 Å². The van der Waals surface area contributed by atoms with Gasteiger partial charge in [0.15, 0.2) is 0 Å². The fraction of sp³-hybridized carbons (Fsp3) is 0.208. The fourth-order valence-electron chi connectivity index (χ4n) is 3.31. The number of anilines is 1. The Balaban J connectivity index is 1.35. The molecule has 0 N–H and O–H groups in total. The summed E-state index contributed by atoms with van der Waals surface area (Å²) in [7, 11) is 0. The first-order valence-electron chi connectivity index (χ1n) is 10.2. The molecule has 1 fully saturated rings. The molecule has 32 heavy (non-hydrogen) atoms. The number of nitrogens with zero attached hydrogens (tertiary/aromatic N) is 3. The quantitative estimate of drug-likeness (QED) is 0.174. The summed E-state index contributed by atoms with van der Waals surface area (Å²) in [5.74, 6) is 0.760. The average Bonchev–Trinajstić information content (AvgIpc) is 2.83. The molecule has 0 radical (unpaired) electrons. The first kappa shape index (κ1) is 22.2. The van der Waals surface area contributed by atoms with Crippen LogP contribution in [0.15, 0.2) is 71.7 Å². The molecule has 1 aliphatic rings. The molecule has 0 aromatic heterocycles. The van der Waals surface area contributed by atoms with Crippen molar-refractivity contribution in [2.75, 3.05) is 31.2 Å². The summed E-state index contributed by atoms with van der Waals surface area (Å²) in [5.41, 5.74) is 4.02. The number of non-ortho nitro benzene ring substituents is 1. The van der Waals surface area contributed by atoms with Crippen LogP contribution in [0.2, 0.25) is 0 Å². The molecule has 1 heterocycles. The fourth-order valence-corrected chi connectivity index (χ4v) is 4.00. The van der Waals surface area contributed by atoms with Crippen LogP contribution < -0.4 is 9.64 Å². The van der Waals surface area contributed by atoms with E-state index < -0.39 is 4.92 Å². The van der Waals surface area contributed by atoms with Gasteiger partial charge in [-0.05, 0) is 88.3 Å². The molecule has 1 saturated heterocycles. The predicted molar refractivity (Wildman–Crippen MR) is 133 cm³/mol. The van der Waals surface area contributed by atoms with Crippen molar-refractivity contribution in [1.82, 2.24) is 0 Å². The molecule has 4 rings (SSSR count). The van der Waals surface area contributed by atoms with Gasteiger partial charge in [0.05, 0.1) is 27.4 Å². The Bertz CT molecular complexity index is 1100. The smallest absolute Gasteiger partial charge is 0.269 e. The summed E-state index contributed by atoms with van der Waals surface area (Å²) in [5, 5.41) is 10.7. The van der Waals surface area contributed by atoms with Gasteiger partial charge in [0, 0.05) is 37.1 Å². The Hall–Kier alpha value is -2.98. The lowest BCUT2D eigenvalue weighted by Crippen LogP contribution is -2.36. The highest BCUT2D eigenvalue weighted by Crippen LogP contribution is 2.24. The molecule has 0 aliphatic carbocycles. The van der Waals surface area contributed by atoms with Crippen LogP contribution in [0.5, 0.6) is 5.75 Å². The summed E-state index contributed by atoms with van der Waals surface area (Å²) in [4.78, 5) is 17.2. The minimum absolute atomic E-state index is 0.0719. The second-order valence-electron chi connectivity index (χ2n) is 7.28. The Kier molecular flexibility index (Phi) is 7.33. The second kappa shape index (κ2) is 10.6. The second-order valence-corrected chi connectivity index (χ2v) is 8.44. The van der Waals surface area contributed by atoms with Crippen LogP contribution in [0.4, 0.5) is 17.1 Å². The Morgan fingerprint density at radius 1 is 1.06 bits per heavy atom. The lowest BCUT2D eigenvalue weighted by Gasteiger charge is -2.28. The van der Waals surface area contributed by atoms with Crippen molar-refractivity contribution in [1.29, 1.82) is 0 Å². The average molecular weight is 543 g/mol. The van der Waals surface area contributed by atoms with Crippen LogP contribution in [0.3, 0.4) is 0 Å². The molecule has 164 valence electrons. The number of halogens is 1. The van der Waals surface area contributed by atoms with Gasteiger partial charge in [-0.25, -0.2) is 0 Å². The Morgan fingerprint density at radius 2 is 1.78 bits per heavy atom. The number of hydrogen-bond donors (Lipinski definition) is 0. The molecule has 7 nitrogen and oxygen atoms in total. The van der Waals surface area contributed by atoms with Gasteiger partial charge in [-0.15, -0.1) is 0 Å². The summed E-state index contributed by atoms with van der Waals surface area (Å²) in [6, 6.07) is 20.5. The van der Waals surface area contributed by atoms with E-state index in [1.165, 1.54) is 17.8 Å². The summed E-state index contributed by atoms with van der Waals surface area (Å²) in [6.07, 6.45) is 1.84. The van der Waals surface area contributed by atoms with E-state index in [4.69, 9.17) is 9.47 Å². The molecule has 0 unspecified atom stereocenters. The maximum Gasteiger partial charge on any atom is 0.269 e. The third kappa shape index (κ3) is 5.83. The molecule has 0 spiro atoms.